The number of hydrogen-bond acceptors (Lipinski definition) is 2. The molecule has 0 amide bonds. The summed E-state index contributed by atoms with van der Waals surface area (Å²) in [6.45, 7) is 5.52. The van der Waals surface area contributed by atoms with Gasteiger partial charge in [-0.1, -0.05) is 34.5 Å². The van der Waals surface area contributed by atoms with Crippen molar-refractivity contribution in [1.82, 2.24) is 10.2 Å². The highest BCUT2D eigenvalue weighted by atomic mass is 79.9. The summed E-state index contributed by atoms with van der Waals surface area (Å²) >= 11 is 9.95. The van der Waals surface area contributed by atoms with Gasteiger partial charge in [0.1, 0.15) is 0 Å². The minimum atomic E-state index is 0.425. The molecule has 0 spiro atoms. The highest BCUT2D eigenvalue weighted by Gasteiger charge is 2.33. The molecule has 0 bridgehead atoms. The van der Waals surface area contributed by atoms with Crippen molar-refractivity contribution in [3.8, 4) is 0 Å². The van der Waals surface area contributed by atoms with Crippen molar-refractivity contribution < 1.29 is 0 Å². The Bertz CT molecular complexity index is 425. The van der Waals surface area contributed by atoms with Crippen LogP contribution in [0.3, 0.4) is 0 Å². The van der Waals surface area contributed by atoms with E-state index in [1.54, 1.807) is 0 Å². The lowest BCUT2D eigenvalue weighted by atomic mass is 9.93. The van der Waals surface area contributed by atoms with E-state index in [-0.39, 0.29) is 0 Å². The second-order valence-corrected chi connectivity index (χ2v) is 6.67. The molecule has 0 saturated carbocycles. The first-order chi connectivity index (χ1) is 9.13. The quantitative estimate of drug-likeness (QED) is 0.808. The van der Waals surface area contributed by atoms with Crippen molar-refractivity contribution in [3.63, 3.8) is 0 Å². The smallest absolute Gasteiger partial charge is 0.0454 e. The molecule has 1 aromatic rings. The predicted octanol–water partition coefficient (Wildman–Crippen LogP) is 4.09. The molecular weight excluding hydrogens is 324 g/mol. The van der Waals surface area contributed by atoms with Crippen molar-refractivity contribution >= 4 is 27.5 Å². The average molecular weight is 346 g/mol. The van der Waals surface area contributed by atoms with E-state index in [4.69, 9.17) is 11.6 Å². The maximum absolute atomic E-state index is 6.40. The first kappa shape index (κ1) is 15.3. The summed E-state index contributed by atoms with van der Waals surface area (Å²) in [5.41, 5.74) is 1.25. The number of rotatable bonds is 5. The van der Waals surface area contributed by atoms with Gasteiger partial charge >= 0.3 is 0 Å². The van der Waals surface area contributed by atoms with Crippen LogP contribution in [0.2, 0.25) is 5.02 Å². The van der Waals surface area contributed by atoms with E-state index in [9.17, 15) is 0 Å². The number of nitrogens with zero attached hydrogens (tertiary/aromatic N) is 1. The Morgan fingerprint density at radius 2 is 2.26 bits per heavy atom. The van der Waals surface area contributed by atoms with E-state index in [2.05, 4.69) is 46.2 Å². The minimum Gasteiger partial charge on any atom is -0.316 e. The van der Waals surface area contributed by atoms with E-state index < -0.39 is 0 Å². The summed E-state index contributed by atoms with van der Waals surface area (Å²) in [4.78, 5) is 2.42. The van der Waals surface area contributed by atoms with Crippen molar-refractivity contribution in [3.05, 3.63) is 33.3 Å². The molecule has 1 aromatic carbocycles. The summed E-state index contributed by atoms with van der Waals surface area (Å²) in [5.74, 6) is 0.642. The molecule has 2 unspecified atom stereocenters. The van der Waals surface area contributed by atoms with Crippen molar-refractivity contribution in [2.24, 2.45) is 5.92 Å². The molecule has 106 valence electrons. The molecular formula is C15H22BrClN2. The third-order valence-electron chi connectivity index (χ3n) is 3.88. The average Bonchev–Trinajstić information content (AvgIpc) is 2.74. The number of likely N-dealkylation sites (tertiary alicyclic amines) is 1. The fourth-order valence-electron chi connectivity index (χ4n) is 2.94. The van der Waals surface area contributed by atoms with Crippen LogP contribution in [-0.4, -0.2) is 31.6 Å². The van der Waals surface area contributed by atoms with E-state index in [0.717, 1.165) is 29.1 Å². The van der Waals surface area contributed by atoms with Gasteiger partial charge in [0.2, 0.25) is 0 Å². The Morgan fingerprint density at radius 1 is 1.47 bits per heavy atom. The fraction of sp³-hybridized carbons (Fsp3) is 0.600. The zero-order valence-electron chi connectivity index (χ0n) is 11.6. The molecule has 1 N–H and O–H groups in total. The van der Waals surface area contributed by atoms with Gasteiger partial charge in [-0.2, -0.15) is 0 Å². The maximum Gasteiger partial charge on any atom is 0.0454 e. The van der Waals surface area contributed by atoms with Crippen molar-refractivity contribution in [2.45, 2.75) is 25.8 Å². The second kappa shape index (κ2) is 7.07. The Morgan fingerprint density at radius 3 is 3.00 bits per heavy atom. The maximum atomic E-state index is 6.40. The molecule has 2 rings (SSSR count). The summed E-state index contributed by atoms with van der Waals surface area (Å²) in [5, 5.41) is 4.43. The molecule has 1 heterocycles. The first-order valence-electron chi connectivity index (χ1n) is 6.99. The largest absolute Gasteiger partial charge is 0.316 e. The normalized spacial score (nSPS) is 24.0. The Labute approximate surface area is 129 Å². The van der Waals surface area contributed by atoms with Crippen LogP contribution in [-0.2, 0) is 0 Å². The molecule has 1 aliphatic rings. The van der Waals surface area contributed by atoms with Crippen LogP contribution >= 0.6 is 27.5 Å². The number of nitrogens with one attached hydrogen (secondary N) is 1. The van der Waals surface area contributed by atoms with Crippen LogP contribution in [0.4, 0.5) is 0 Å². The van der Waals surface area contributed by atoms with Gasteiger partial charge < -0.3 is 5.32 Å². The van der Waals surface area contributed by atoms with Crippen LogP contribution < -0.4 is 5.32 Å². The molecule has 1 fully saturated rings. The van der Waals surface area contributed by atoms with Crippen LogP contribution in [0.25, 0.3) is 0 Å². The van der Waals surface area contributed by atoms with Gasteiger partial charge in [0.25, 0.3) is 0 Å². The van der Waals surface area contributed by atoms with Gasteiger partial charge in [-0.15, -0.1) is 0 Å². The van der Waals surface area contributed by atoms with Crippen molar-refractivity contribution in [1.29, 1.82) is 0 Å². The SMILES string of the molecule is CCCNCC1CCN(C)C1c1cc(Br)ccc1Cl. The lowest BCUT2D eigenvalue weighted by molar-refractivity contribution is 0.272. The summed E-state index contributed by atoms with van der Waals surface area (Å²) in [6.07, 6.45) is 2.42. The molecule has 4 heteroatoms. The monoisotopic (exact) mass is 344 g/mol. The fourth-order valence-corrected chi connectivity index (χ4v) is 3.54. The van der Waals surface area contributed by atoms with Crippen LogP contribution in [0.1, 0.15) is 31.4 Å². The standard InChI is InChI=1S/C15H22BrClN2/c1-3-7-18-10-11-6-8-19(2)15(11)13-9-12(16)4-5-14(13)17/h4-5,9,11,15,18H,3,6-8,10H2,1-2H3. The molecule has 1 aliphatic heterocycles. The third kappa shape index (κ3) is 3.72. The Kier molecular flexibility index (Phi) is 5.70. The molecule has 1 saturated heterocycles. The molecule has 0 radical (unpaired) electrons. The van der Waals surface area contributed by atoms with Gasteiger partial charge in [-0.25, -0.2) is 0 Å². The zero-order chi connectivity index (χ0) is 13.8. The van der Waals surface area contributed by atoms with E-state index in [1.807, 2.05) is 12.1 Å². The molecule has 0 aromatic heterocycles. The Hall–Kier alpha value is -0.0900. The zero-order valence-corrected chi connectivity index (χ0v) is 14.0. The second-order valence-electron chi connectivity index (χ2n) is 5.34. The number of hydrogen-bond donors (Lipinski definition) is 1. The summed E-state index contributed by atoms with van der Waals surface area (Å²) < 4.78 is 1.10. The summed E-state index contributed by atoms with van der Waals surface area (Å²) in [7, 11) is 2.20. The van der Waals surface area contributed by atoms with Gasteiger partial charge in [0.15, 0.2) is 0 Å². The predicted molar refractivity (Wildman–Crippen MR) is 85.8 cm³/mol. The van der Waals surface area contributed by atoms with E-state index in [1.165, 1.54) is 18.4 Å². The van der Waals surface area contributed by atoms with Crippen LogP contribution in [0.5, 0.6) is 0 Å². The number of benzene rings is 1. The van der Waals surface area contributed by atoms with Gasteiger partial charge in [-0.05, 0) is 69.2 Å². The molecule has 2 nitrogen and oxygen atoms in total. The van der Waals surface area contributed by atoms with E-state index >= 15 is 0 Å². The van der Waals surface area contributed by atoms with Gasteiger partial charge in [0, 0.05) is 15.5 Å². The summed E-state index contributed by atoms with van der Waals surface area (Å²) in [6, 6.07) is 6.59. The molecule has 2 atom stereocenters. The topological polar surface area (TPSA) is 15.3 Å². The lowest BCUT2D eigenvalue weighted by Crippen LogP contribution is -2.29. The van der Waals surface area contributed by atoms with E-state index in [0.29, 0.717) is 12.0 Å². The highest BCUT2D eigenvalue weighted by Crippen LogP contribution is 2.39. The van der Waals surface area contributed by atoms with Crippen molar-refractivity contribution in [2.75, 3.05) is 26.7 Å². The first-order valence-corrected chi connectivity index (χ1v) is 8.16. The highest BCUT2D eigenvalue weighted by molar-refractivity contribution is 9.10. The Balaban J connectivity index is 2.16. The molecule has 19 heavy (non-hydrogen) atoms. The van der Waals surface area contributed by atoms with Gasteiger partial charge in [-0.3, -0.25) is 4.90 Å². The molecule has 0 aliphatic carbocycles. The lowest BCUT2D eigenvalue weighted by Gasteiger charge is -2.27. The van der Waals surface area contributed by atoms with Crippen LogP contribution in [0.15, 0.2) is 22.7 Å². The number of halogens is 2. The van der Waals surface area contributed by atoms with Gasteiger partial charge in [0.05, 0.1) is 0 Å². The van der Waals surface area contributed by atoms with Crippen LogP contribution in [0, 0.1) is 5.92 Å². The minimum absolute atomic E-state index is 0.425. The third-order valence-corrected chi connectivity index (χ3v) is 4.72.